The highest BCUT2D eigenvalue weighted by molar-refractivity contribution is 5.94. The first-order valence-electron chi connectivity index (χ1n) is 5.63. The van der Waals surface area contributed by atoms with Crippen LogP contribution in [-0.4, -0.2) is 10.2 Å². The van der Waals surface area contributed by atoms with Crippen LogP contribution in [0.2, 0.25) is 0 Å². The molecular formula is C15H12N2. The lowest BCUT2D eigenvalue weighted by molar-refractivity contribution is 1.05. The van der Waals surface area contributed by atoms with Gasteiger partial charge in [0, 0.05) is 16.3 Å². The summed E-state index contributed by atoms with van der Waals surface area (Å²) in [6, 6.07) is 16.5. The van der Waals surface area contributed by atoms with E-state index in [4.69, 9.17) is 0 Å². The standard InChI is InChI=1S/C15H12N2/c1-11-6-2-4-8-13(11)15-14-9-5-3-7-12(14)10-16-17-15/h2-10H,1H3. The zero-order valence-corrected chi connectivity index (χ0v) is 9.59. The fraction of sp³-hybridized carbons (Fsp3) is 0.0667. The average molecular weight is 220 g/mol. The van der Waals surface area contributed by atoms with Crippen LogP contribution in [0, 0.1) is 6.92 Å². The van der Waals surface area contributed by atoms with Crippen molar-refractivity contribution < 1.29 is 0 Å². The van der Waals surface area contributed by atoms with E-state index in [0.29, 0.717) is 0 Å². The Bertz CT molecular complexity index is 669. The molecule has 0 radical (unpaired) electrons. The Morgan fingerprint density at radius 2 is 1.65 bits per heavy atom. The lowest BCUT2D eigenvalue weighted by Crippen LogP contribution is -1.91. The van der Waals surface area contributed by atoms with Gasteiger partial charge in [0.05, 0.1) is 6.20 Å². The molecule has 2 aromatic carbocycles. The highest BCUT2D eigenvalue weighted by Gasteiger charge is 2.07. The third-order valence-electron chi connectivity index (χ3n) is 2.97. The summed E-state index contributed by atoms with van der Waals surface area (Å²) in [5.41, 5.74) is 3.33. The Kier molecular flexibility index (Phi) is 2.33. The topological polar surface area (TPSA) is 25.8 Å². The van der Waals surface area contributed by atoms with Gasteiger partial charge in [-0.2, -0.15) is 5.10 Å². The normalized spacial score (nSPS) is 10.6. The van der Waals surface area contributed by atoms with Crippen LogP contribution in [0.25, 0.3) is 22.0 Å². The predicted molar refractivity (Wildman–Crippen MR) is 69.7 cm³/mol. The quantitative estimate of drug-likeness (QED) is 0.626. The molecular weight excluding hydrogens is 208 g/mol. The second kappa shape index (κ2) is 3.98. The zero-order valence-electron chi connectivity index (χ0n) is 9.59. The molecule has 2 nitrogen and oxygen atoms in total. The van der Waals surface area contributed by atoms with Gasteiger partial charge in [-0.3, -0.25) is 0 Å². The minimum Gasteiger partial charge on any atom is -0.158 e. The molecule has 0 fully saturated rings. The Morgan fingerprint density at radius 3 is 2.53 bits per heavy atom. The highest BCUT2D eigenvalue weighted by Crippen LogP contribution is 2.27. The molecule has 2 heteroatoms. The minimum atomic E-state index is 0.959. The fourth-order valence-corrected chi connectivity index (χ4v) is 2.07. The van der Waals surface area contributed by atoms with Crippen molar-refractivity contribution in [2.24, 2.45) is 0 Å². The van der Waals surface area contributed by atoms with E-state index in [1.165, 1.54) is 5.56 Å². The second-order valence-electron chi connectivity index (χ2n) is 4.10. The van der Waals surface area contributed by atoms with Crippen molar-refractivity contribution >= 4 is 10.8 Å². The average Bonchev–Trinajstić information content (AvgIpc) is 2.39. The van der Waals surface area contributed by atoms with E-state index < -0.39 is 0 Å². The summed E-state index contributed by atoms with van der Waals surface area (Å²) in [5.74, 6) is 0. The van der Waals surface area contributed by atoms with Gasteiger partial charge in [-0.05, 0) is 12.5 Å². The maximum Gasteiger partial charge on any atom is 0.101 e. The SMILES string of the molecule is Cc1ccccc1-c1nncc2ccccc12. The summed E-state index contributed by atoms with van der Waals surface area (Å²) in [4.78, 5) is 0. The Labute approximate surface area is 99.9 Å². The molecule has 3 rings (SSSR count). The van der Waals surface area contributed by atoms with E-state index in [9.17, 15) is 0 Å². The van der Waals surface area contributed by atoms with Gasteiger partial charge >= 0.3 is 0 Å². The molecule has 82 valence electrons. The molecule has 0 saturated carbocycles. The number of aromatic nitrogens is 2. The van der Waals surface area contributed by atoms with Crippen molar-refractivity contribution in [3.63, 3.8) is 0 Å². The van der Waals surface area contributed by atoms with Gasteiger partial charge in [-0.15, -0.1) is 5.10 Å². The van der Waals surface area contributed by atoms with Gasteiger partial charge in [0.1, 0.15) is 5.69 Å². The molecule has 0 N–H and O–H groups in total. The third-order valence-corrected chi connectivity index (χ3v) is 2.97. The molecule has 0 bridgehead atoms. The molecule has 0 aliphatic rings. The number of fused-ring (bicyclic) bond motifs is 1. The van der Waals surface area contributed by atoms with Crippen LogP contribution in [0.15, 0.2) is 54.7 Å². The summed E-state index contributed by atoms with van der Waals surface area (Å²) in [6.45, 7) is 2.10. The summed E-state index contributed by atoms with van der Waals surface area (Å²) >= 11 is 0. The van der Waals surface area contributed by atoms with Crippen LogP contribution in [0.4, 0.5) is 0 Å². The van der Waals surface area contributed by atoms with E-state index in [1.807, 2.05) is 24.3 Å². The number of aryl methyl sites for hydroxylation is 1. The smallest absolute Gasteiger partial charge is 0.101 e. The first-order chi connectivity index (χ1) is 8.36. The molecule has 0 unspecified atom stereocenters. The van der Waals surface area contributed by atoms with Crippen molar-refractivity contribution in [1.82, 2.24) is 10.2 Å². The summed E-state index contributed by atoms with van der Waals surface area (Å²) in [5, 5.41) is 10.6. The monoisotopic (exact) mass is 220 g/mol. The van der Waals surface area contributed by atoms with Gasteiger partial charge in [0.2, 0.25) is 0 Å². The van der Waals surface area contributed by atoms with Crippen LogP contribution in [0.5, 0.6) is 0 Å². The van der Waals surface area contributed by atoms with Gasteiger partial charge in [0.15, 0.2) is 0 Å². The van der Waals surface area contributed by atoms with Crippen LogP contribution in [0.3, 0.4) is 0 Å². The molecule has 0 aliphatic carbocycles. The van der Waals surface area contributed by atoms with Crippen LogP contribution >= 0.6 is 0 Å². The van der Waals surface area contributed by atoms with Gasteiger partial charge in [-0.1, -0.05) is 48.5 Å². The van der Waals surface area contributed by atoms with Gasteiger partial charge in [0.25, 0.3) is 0 Å². The molecule has 1 aromatic heterocycles. The van der Waals surface area contributed by atoms with E-state index >= 15 is 0 Å². The maximum atomic E-state index is 4.29. The number of hydrogen-bond acceptors (Lipinski definition) is 2. The molecule has 0 saturated heterocycles. The van der Waals surface area contributed by atoms with E-state index in [0.717, 1.165) is 22.0 Å². The van der Waals surface area contributed by atoms with E-state index in [2.05, 4.69) is 41.4 Å². The minimum absolute atomic E-state index is 0.959. The van der Waals surface area contributed by atoms with Crippen LogP contribution < -0.4 is 0 Å². The molecule has 3 aromatic rings. The van der Waals surface area contributed by atoms with Crippen molar-refractivity contribution in [3.05, 3.63) is 60.3 Å². The molecule has 0 spiro atoms. The Morgan fingerprint density at radius 1 is 0.882 bits per heavy atom. The van der Waals surface area contributed by atoms with Crippen molar-refractivity contribution in [2.75, 3.05) is 0 Å². The number of hydrogen-bond donors (Lipinski definition) is 0. The van der Waals surface area contributed by atoms with Crippen molar-refractivity contribution in [2.45, 2.75) is 6.92 Å². The predicted octanol–water partition coefficient (Wildman–Crippen LogP) is 3.61. The van der Waals surface area contributed by atoms with Crippen LogP contribution in [-0.2, 0) is 0 Å². The van der Waals surface area contributed by atoms with Gasteiger partial charge in [-0.25, -0.2) is 0 Å². The lowest BCUT2D eigenvalue weighted by atomic mass is 10.0. The first-order valence-corrected chi connectivity index (χ1v) is 5.63. The highest BCUT2D eigenvalue weighted by atomic mass is 15.1. The van der Waals surface area contributed by atoms with Crippen molar-refractivity contribution in [1.29, 1.82) is 0 Å². The first kappa shape index (κ1) is 9.97. The lowest BCUT2D eigenvalue weighted by Gasteiger charge is -2.07. The number of benzene rings is 2. The van der Waals surface area contributed by atoms with Crippen LogP contribution in [0.1, 0.15) is 5.56 Å². The molecule has 17 heavy (non-hydrogen) atoms. The Balaban J connectivity index is 2.35. The fourth-order valence-electron chi connectivity index (χ4n) is 2.07. The summed E-state index contributed by atoms with van der Waals surface area (Å²) in [6.07, 6.45) is 1.80. The largest absolute Gasteiger partial charge is 0.158 e. The zero-order chi connectivity index (χ0) is 11.7. The second-order valence-corrected chi connectivity index (χ2v) is 4.10. The number of rotatable bonds is 1. The van der Waals surface area contributed by atoms with Crippen molar-refractivity contribution in [3.8, 4) is 11.3 Å². The maximum absolute atomic E-state index is 4.29. The number of nitrogens with zero attached hydrogens (tertiary/aromatic N) is 2. The van der Waals surface area contributed by atoms with E-state index in [-0.39, 0.29) is 0 Å². The molecule has 0 aliphatic heterocycles. The Hall–Kier alpha value is -2.22. The molecule has 0 atom stereocenters. The third kappa shape index (κ3) is 1.68. The van der Waals surface area contributed by atoms with Gasteiger partial charge < -0.3 is 0 Å². The summed E-state index contributed by atoms with van der Waals surface area (Å²) in [7, 11) is 0. The van der Waals surface area contributed by atoms with E-state index in [1.54, 1.807) is 6.20 Å². The molecule has 0 amide bonds. The summed E-state index contributed by atoms with van der Waals surface area (Å²) < 4.78 is 0. The molecule has 1 heterocycles.